The third-order valence-corrected chi connectivity index (χ3v) is 5.61. The second-order valence-electron chi connectivity index (χ2n) is 7.69. The Morgan fingerprint density at radius 3 is 2.43 bits per heavy atom. The molecule has 1 aromatic heterocycles. The van der Waals surface area contributed by atoms with E-state index >= 15 is 0 Å². The first-order valence-corrected chi connectivity index (χ1v) is 9.85. The summed E-state index contributed by atoms with van der Waals surface area (Å²) in [7, 11) is 0. The van der Waals surface area contributed by atoms with Crippen molar-refractivity contribution in [3.05, 3.63) is 116 Å². The standard InChI is InChI=1S/C26H22FNO2/c1-16-11-12-19(13-18(16)3)25(29)22-15-28(14-20-8-6-7-17(2)24(20)27)23-10-5-4-9-21(23)26(22)30/h4-13,15H,14H2,1-3H3. The quantitative estimate of drug-likeness (QED) is 0.434. The molecule has 0 radical (unpaired) electrons. The molecule has 0 aliphatic rings. The van der Waals surface area contributed by atoms with Gasteiger partial charge in [0, 0.05) is 22.7 Å². The molecule has 150 valence electrons. The summed E-state index contributed by atoms with van der Waals surface area (Å²) in [6.07, 6.45) is 1.56. The maximum absolute atomic E-state index is 14.6. The Labute approximate surface area is 174 Å². The van der Waals surface area contributed by atoms with Gasteiger partial charge in [-0.05, 0) is 55.7 Å². The molecule has 0 saturated heterocycles. The molecule has 0 N–H and O–H groups in total. The number of carbonyl (C=O) groups excluding carboxylic acids is 1. The lowest BCUT2D eigenvalue weighted by Crippen LogP contribution is -2.20. The van der Waals surface area contributed by atoms with Crippen molar-refractivity contribution in [2.75, 3.05) is 0 Å². The maximum Gasteiger partial charge on any atom is 0.200 e. The highest BCUT2D eigenvalue weighted by Crippen LogP contribution is 2.19. The number of nitrogens with zero attached hydrogens (tertiary/aromatic N) is 1. The van der Waals surface area contributed by atoms with Crippen molar-refractivity contribution in [2.45, 2.75) is 27.3 Å². The number of halogens is 1. The second-order valence-corrected chi connectivity index (χ2v) is 7.69. The zero-order valence-corrected chi connectivity index (χ0v) is 17.2. The molecule has 30 heavy (non-hydrogen) atoms. The molecule has 0 spiro atoms. The summed E-state index contributed by atoms with van der Waals surface area (Å²) in [5.41, 5.74) is 4.05. The molecule has 0 fully saturated rings. The Balaban J connectivity index is 1.90. The highest BCUT2D eigenvalue weighted by Gasteiger charge is 2.18. The molecule has 0 aliphatic heterocycles. The Kier molecular flexibility index (Phi) is 5.08. The molecule has 1 heterocycles. The first-order chi connectivity index (χ1) is 14.4. The SMILES string of the molecule is Cc1ccc(C(=O)c2cn(Cc3cccc(C)c3F)c3ccccc3c2=O)cc1C. The maximum atomic E-state index is 14.6. The second kappa shape index (κ2) is 7.71. The number of para-hydroxylation sites is 1. The van der Waals surface area contributed by atoms with Gasteiger partial charge >= 0.3 is 0 Å². The Morgan fingerprint density at radius 2 is 1.67 bits per heavy atom. The summed E-state index contributed by atoms with van der Waals surface area (Å²) < 4.78 is 16.4. The lowest BCUT2D eigenvalue weighted by atomic mass is 9.98. The molecular formula is C26H22FNO2. The van der Waals surface area contributed by atoms with Crippen LogP contribution in [-0.2, 0) is 6.54 Å². The zero-order valence-electron chi connectivity index (χ0n) is 17.2. The van der Waals surface area contributed by atoms with Crippen LogP contribution in [0, 0.1) is 26.6 Å². The number of benzene rings is 3. The van der Waals surface area contributed by atoms with Crippen LogP contribution in [0.15, 0.2) is 71.7 Å². The van der Waals surface area contributed by atoms with E-state index in [9.17, 15) is 14.0 Å². The molecule has 4 aromatic rings. The van der Waals surface area contributed by atoms with Crippen LogP contribution in [0.2, 0.25) is 0 Å². The molecule has 0 atom stereocenters. The molecule has 0 unspecified atom stereocenters. The topological polar surface area (TPSA) is 39.1 Å². The van der Waals surface area contributed by atoms with E-state index in [1.807, 2.05) is 32.0 Å². The van der Waals surface area contributed by atoms with Gasteiger partial charge in [-0.15, -0.1) is 0 Å². The Morgan fingerprint density at radius 1 is 0.900 bits per heavy atom. The van der Waals surface area contributed by atoms with E-state index in [2.05, 4.69) is 0 Å². The number of fused-ring (bicyclic) bond motifs is 1. The number of pyridine rings is 1. The average molecular weight is 399 g/mol. The predicted molar refractivity (Wildman–Crippen MR) is 118 cm³/mol. The van der Waals surface area contributed by atoms with Crippen LogP contribution in [0.1, 0.15) is 38.2 Å². The normalized spacial score (nSPS) is 11.1. The molecule has 0 aliphatic carbocycles. The summed E-state index contributed by atoms with van der Waals surface area (Å²) in [6.45, 7) is 5.85. The van der Waals surface area contributed by atoms with Gasteiger partial charge in [0.05, 0.1) is 17.6 Å². The molecule has 4 heteroatoms. The van der Waals surface area contributed by atoms with E-state index in [4.69, 9.17) is 0 Å². The fraction of sp³-hybridized carbons (Fsp3) is 0.154. The third-order valence-electron chi connectivity index (χ3n) is 5.61. The summed E-state index contributed by atoms with van der Waals surface area (Å²) >= 11 is 0. The molecule has 0 amide bonds. The summed E-state index contributed by atoms with van der Waals surface area (Å²) in [5.74, 6) is -0.602. The summed E-state index contributed by atoms with van der Waals surface area (Å²) in [6, 6.07) is 17.8. The number of rotatable bonds is 4. The molecule has 0 bridgehead atoms. The van der Waals surface area contributed by atoms with Gasteiger partial charge in [-0.1, -0.05) is 42.5 Å². The van der Waals surface area contributed by atoms with Gasteiger partial charge in [0.1, 0.15) is 5.82 Å². The average Bonchev–Trinajstić information content (AvgIpc) is 2.75. The highest BCUT2D eigenvalue weighted by atomic mass is 19.1. The van der Waals surface area contributed by atoms with Crippen LogP contribution < -0.4 is 5.43 Å². The Bertz CT molecular complexity index is 1350. The fourth-order valence-corrected chi connectivity index (χ4v) is 3.69. The van der Waals surface area contributed by atoms with Gasteiger partial charge in [0.2, 0.25) is 5.43 Å². The first kappa shape index (κ1) is 19.8. The van der Waals surface area contributed by atoms with Gasteiger partial charge in [-0.25, -0.2) is 4.39 Å². The van der Waals surface area contributed by atoms with E-state index in [0.29, 0.717) is 27.6 Å². The predicted octanol–water partition coefficient (Wildman–Crippen LogP) is 5.35. The number of aromatic nitrogens is 1. The van der Waals surface area contributed by atoms with Crippen LogP contribution in [0.25, 0.3) is 10.9 Å². The lowest BCUT2D eigenvalue weighted by molar-refractivity contribution is 0.103. The molecular weight excluding hydrogens is 377 g/mol. The molecule has 3 aromatic carbocycles. The van der Waals surface area contributed by atoms with Crippen molar-refractivity contribution in [1.29, 1.82) is 0 Å². The van der Waals surface area contributed by atoms with Crippen molar-refractivity contribution in [3.63, 3.8) is 0 Å². The van der Waals surface area contributed by atoms with E-state index in [1.54, 1.807) is 60.2 Å². The molecule has 0 saturated carbocycles. The summed E-state index contributed by atoms with van der Waals surface area (Å²) in [4.78, 5) is 26.3. The van der Waals surface area contributed by atoms with Gasteiger partial charge in [-0.2, -0.15) is 0 Å². The van der Waals surface area contributed by atoms with Gasteiger partial charge in [-0.3, -0.25) is 9.59 Å². The first-order valence-electron chi connectivity index (χ1n) is 9.85. The highest BCUT2D eigenvalue weighted by molar-refractivity contribution is 6.10. The van der Waals surface area contributed by atoms with Crippen LogP contribution >= 0.6 is 0 Å². The van der Waals surface area contributed by atoms with Gasteiger partial charge < -0.3 is 4.57 Å². The van der Waals surface area contributed by atoms with Crippen LogP contribution in [0.4, 0.5) is 4.39 Å². The van der Waals surface area contributed by atoms with Crippen molar-refractivity contribution >= 4 is 16.7 Å². The van der Waals surface area contributed by atoms with E-state index in [1.165, 1.54) is 0 Å². The van der Waals surface area contributed by atoms with Crippen molar-refractivity contribution < 1.29 is 9.18 Å². The monoisotopic (exact) mass is 399 g/mol. The third kappa shape index (κ3) is 3.45. The number of aryl methyl sites for hydroxylation is 3. The molecule has 3 nitrogen and oxygen atoms in total. The fourth-order valence-electron chi connectivity index (χ4n) is 3.69. The van der Waals surface area contributed by atoms with Crippen LogP contribution in [0.3, 0.4) is 0 Å². The van der Waals surface area contributed by atoms with E-state index < -0.39 is 0 Å². The number of hydrogen-bond donors (Lipinski definition) is 0. The molecule has 4 rings (SSSR count). The number of hydrogen-bond acceptors (Lipinski definition) is 2. The van der Waals surface area contributed by atoms with Crippen LogP contribution in [-0.4, -0.2) is 10.4 Å². The minimum absolute atomic E-state index is 0.0880. The van der Waals surface area contributed by atoms with E-state index in [0.717, 1.165) is 11.1 Å². The van der Waals surface area contributed by atoms with E-state index in [-0.39, 0.29) is 29.1 Å². The Hall–Kier alpha value is -3.53. The number of carbonyl (C=O) groups is 1. The minimum Gasteiger partial charge on any atom is -0.342 e. The minimum atomic E-state index is -0.327. The van der Waals surface area contributed by atoms with Crippen molar-refractivity contribution in [3.8, 4) is 0 Å². The largest absolute Gasteiger partial charge is 0.342 e. The van der Waals surface area contributed by atoms with Crippen LogP contribution in [0.5, 0.6) is 0 Å². The smallest absolute Gasteiger partial charge is 0.200 e. The van der Waals surface area contributed by atoms with Crippen molar-refractivity contribution in [2.24, 2.45) is 0 Å². The van der Waals surface area contributed by atoms with Gasteiger partial charge in [0.15, 0.2) is 5.78 Å². The summed E-state index contributed by atoms with van der Waals surface area (Å²) in [5, 5.41) is 0.445. The number of ketones is 1. The van der Waals surface area contributed by atoms with Crippen molar-refractivity contribution in [1.82, 2.24) is 4.57 Å². The lowest BCUT2D eigenvalue weighted by Gasteiger charge is -2.15. The van der Waals surface area contributed by atoms with Gasteiger partial charge in [0.25, 0.3) is 0 Å². The zero-order chi connectivity index (χ0) is 21.4.